The molecule has 7 nitrogen and oxygen atoms in total. The lowest BCUT2D eigenvalue weighted by Crippen LogP contribution is -2.30. The van der Waals surface area contributed by atoms with E-state index in [-0.39, 0.29) is 19.2 Å². The summed E-state index contributed by atoms with van der Waals surface area (Å²) in [7, 11) is 0. The summed E-state index contributed by atoms with van der Waals surface area (Å²) in [5.41, 5.74) is 1.95. The standard InChI is InChI=1S/C17H14N2O5/c20-16(9-19-12-3-1-2-4-13(12)24-17(19)21)18-8-11-5-6-14-15(7-11)23-10-22-14/h1-7H,8-10H2,(H,18,20). The molecule has 0 bridgehead atoms. The number of oxazole rings is 1. The van der Waals surface area contributed by atoms with Crippen LogP contribution in [0.5, 0.6) is 11.5 Å². The predicted octanol–water partition coefficient (Wildman–Crippen LogP) is 1.64. The topological polar surface area (TPSA) is 82.7 Å². The van der Waals surface area contributed by atoms with Crippen LogP contribution in [0.1, 0.15) is 5.56 Å². The van der Waals surface area contributed by atoms with Crippen molar-refractivity contribution in [3.8, 4) is 11.5 Å². The monoisotopic (exact) mass is 326 g/mol. The van der Waals surface area contributed by atoms with Gasteiger partial charge in [0.05, 0.1) is 5.52 Å². The van der Waals surface area contributed by atoms with Gasteiger partial charge in [-0.3, -0.25) is 9.36 Å². The predicted molar refractivity (Wildman–Crippen MR) is 84.9 cm³/mol. The minimum absolute atomic E-state index is 0.0968. The molecule has 0 spiro atoms. The highest BCUT2D eigenvalue weighted by atomic mass is 16.7. The number of nitrogens with zero attached hydrogens (tertiary/aromatic N) is 1. The second-order valence-corrected chi connectivity index (χ2v) is 5.39. The molecule has 122 valence electrons. The molecule has 3 aromatic rings. The number of rotatable bonds is 4. The van der Waals surface area contributed by atoms with E-state index >= 15 is 0 Å². The van der Waals surface area contributed by atoms with Gasteiger partial charge in [-0.1, -0.05) is 18.2 Å². The molecule has 1 N–H and O–H groups in total. The van der Waals surface area contributed by atoms with Gasteiger partial charge in [0.1, 0.15) is 6.54 Å². The fourth-order valence-electron chi connectivity index (χ4n) is 2.61. The van der Waals surface area contributed by atoms with Crippen LogP contribution < -0.4 is 20.5 Å². The molecule has 24 heavy (non-hydrogen) atoms. The van der Waals surface area contributed by atoms with Crippen molar-refractivity contribution in [1.29, 1.82) is 0 Å². The fraction of sp³-hybridized carbons (Fsp3) is 0.176. The molecule has 7 heteroatoms. The number of hydrogen-bond acceptors (Lipinski definition) is 5. The van der Waals surface area contributed by atoms with Crippen molar-refractivity contribution in [1.82, 2.24) is 9.88 Å². The van der Waals surface area contributed by atoms with Crippen LogP contribution in [-0.2, 0) is 17.9 Å². The molecule has 0 aliphatic carbocycles. The van der Waals surface area contributed by atoms with Gasteiger partial charge in [-0.15, -0.1) is 0 Å². The van der Waals surface area contributed by atoms with Gasteiger partial charge in [-0.25, -0.2) is 4.79 Å². The third-order valence-electron chi connectivity index (χ3n) is 3.80. The molecule has 0 fully saturated rings. The molecule has 0 radical (unpaired) electrons. The SMILES string of the molecule is O=C(Cn1c(=O)oc2ccccc21)NCc1ccc2c(c1)OCO2. The molecule has 2 heterocycles. The normalized spacial score (nSPS) is 12.5. The van der Waals surface area contributed by atoms with Crippen LogP contribution in [-0.4, -0.2) is 17.3 Å². The number of ether oxygens (including phenoxy) is 2. The maximum absolute atomic E-state index is 12.1. The summed E-state index contributed by atoms with van der Waals surface area (Å²) in [5, 5.41) is 2.78. The lowest BCUT2D eigenvalue weighted by Gasteiger charge is -2.06. The minimum Gasteiger partial charge on any atom is -0.454 e. The maximum Gasteiger partial charge on any atom is 0.420 e. The summed E-state index contributed by atoms with van der Waals surface area (Å²) in [4.78, 5) is 24.0. The summed E-state index contributed by atoms with van der Waals surface area (Å²) in [5.74, 6) is 0.538. The lowest BCUT2D eigenvalue weighted by atomic mass is 10.2. The van der Waals surface area contributed by atoms with Gasteiger partial charge in [0, 0.05) is 6.54 Å². The highest BCUT2D eigenvalue weighted by molar-refractivity contribution is 5.79. The van der Waals surface area contributed by atoms with E-state index in [9.17, 15) is 9.59 Å². The summed E-state index contributed by atoms with van der Waals surface area (Å²) in [6, 6.07) is 12.5. The highest BCUT2D eigenvalue weighted by Crippen LogP contribution is 2.32. The molecule has 1 aromatic heterocycles. The number of carbonyl (C=O) groups excluding carboxylic acids is 1. The van der Waals surface area contributed by atoms with Gasteiger partial charge < -0.3 is 19.2 Å². The molecular formula is C17H14N2O5. The number of amides is 1. The van der Waals surface area contributed by atoms with Crippen molar-refractivity contribution >= 4 is 17.0 Å². The number of carbonyl (C=O) groups is 1. The van der Waals surface area contributed by atoms with Crippen molar-refractivity contribution in [3.05, 3.63) is 58.6 Å². The van der Waals surface area contributed by atoms with Crippen molar-refractivity contribution in [2.75, 3.05) is 6.79 Å². The molecule has 0 saturated carbocycles. The van der Waals surface area contributed by atoms with E-state index in [4.69, 9.17) is 13.9 Å². The van der Waals surface area contributed by atoms with Crippen LogP contribution in [0.4, 0.5) is 0 Å². The van der Waals surface area contributed by atoms with Crippen LogP contribution in [0.3, 0.4) is 0 Å². The van der Waals surface area contributed by atoms with Gasteiger partial charge in [0.15, 0.2) is 17.1 Å². The second-order valence-electron chi connectivity index (χ2n) is 5.39. The van der Waals surface area contributed by atoms with E-state index in [0.29, 0.717) is 29.1 Å². The summed E-state index contributed by atoms with van der Waals surface area (Å²) >= 11 is 0. The molecule has 1 aliphatic rings. The molecule has 0 atom stereocenters. The Morgan fingerprint density at radius 3 is 2.88 bits per heavy atom. The quantitative estimate of drug-likeness (QED) is 0.788. The first-order valence-electron chi connectivity index (χ1n) is 7.44. The summed E-state index contributed by atoms with van der Waals surface area (Å²) in [6.45, 7) is 0.446. The van der Waals surface area contributed by atoms with Crippen molar-refractivity contribution in [2.24, 2.45) is 0 Å². The Balaban J connectivity index is 1.45. The Hall–Kier alpha value is -3.22. The van der Waals surface area contributed by atoms with E-state index < -0.39 is 5.76 Å². The number of para-hydroxylation sites is 2. The molecule has 1 aliphatic heterocycles. The van der Waals surface area contributed by atoms with Crippen LogP contribution in [0.15, 0.2) is 51.7 Å². The Bertz CT molecular complexity index is 973. The molecule has 2 aromatic carbocycles. The van der Waals surface area contributed by atoms with Crippen LogP contribution >= 0.6 is 0 Å². The molecule has 0 saturated heterocycles. The largest absolute Gasteiger partial charge is 0.454 e. The van der Waals surface area contributed by atoms with Crippen molar-refractivity contribution < 1.29 is 18.7 Å². The second kappa shape index (κ2) is 5.77. The first-order chi connectivity index (χ1) is 11.7. The number of aromatic nitrogens is 1. The maximum atomic E-state index is 12.1. The summed E-state index contributed by atoms with van der Waals surface area (Å²) < 4.78 is 17.0. The van der Waals surface area contributed by atoms with E-state index in [1.54, 1.807) is 30.3 Å². The van der Waals surface area contributed by atoms with Crippen LogP contribution in [0.25, 0.3) is 11.1 Å². The first kappa shape index (κ1) is 14.4. The van der Waals surface area contributed by atoms with E-state index in [1.165, 1.54) is 4.57 Å². The number of benzene rings is 2. The van der Waals surface area contributed by atoms with Gasteiger partial charge in [-0.05, 0) is 29.8 Å². The van der Waals surface area contributed by atoms with Gasteiger partial charge in [-0.2, -0.15) is 0 Å². The van der Waals surface area contributed by atoms with Crippen molar-refractivity contribution in [2.45, 2.75) is 13.1 Å². The van der Waals surface area contributed by atoms with Crippen molar-refractivity contribution in [3.63, 3.8) is 0 Å². The highest BCUT2D eigenvalue weighted by Gasteiger charge is 2.14. The van der Waals surface area contributed by atoms with Crippen LogP contribution in [0.2, 0.25) is 0 Å². The number of hydrogen-bond donors (Lipinski definition) is 1. The average molecular weight is 326 g/mol. The molecule has 4 rings (SSSR count). The number of fused-ring (bicyclic) bond motifs is 2. The minimum atomic E-state index is -0.547. The van der Waals surface area contributed by atoms with E-state index in [0.717, 1.165) is 5.56 Å². The van der Waals surface area contributed by atoms with E-state index in [1.807, 2.05) is 12.1 Å². The van der Waals surface area contributed by atoms with Gasteiger partial charge in [0.2, 0.25) is 12.7 Å². The smallest absolute Gasteiger partial charge is 0.420 e. The molecule has 1 amide bonds. The van der Waals surface area contributed by atoms with E-state index in [2.05, 4.69) is 5.32 Å². The Morgan fingerprint density at radius 2 is 1.96 bits per heavy atom. The molecular weight excluding hydrogens is 312 g/mol. The van der Waals surface area contributed by atoms with Gasteiger partial charge >= 0.3 is 5.76 Å². The van der Waals surface area contributed by atoms with Crippen LogP contribution in [0, 0.1) is 0 Å². The summed E-state index contributed by atoms with van der Waals surface area (Å²) in [6.07, 6.45) is 0. The lowest BCUT2D eigenvalue weighted by molar-refractivity contribution is -0.121. The Kier molecular flexibility index (Phi) is 3.45. The molecule has 0 unspecified atom stereocenters. The zero-order valence-corrected chi connectivity index (χ0v) is 12.7. The number of nitrogens with one attached hydrogen (secondary N) is 1. The Morgan fingerprint density at radius 1 is 1.12 bits per heavy atom. The fourth-order valence-corrected chi connectivity index (χ4v) is 2.61. The van der Waals surface area contributed by atoms with Gasteiger partial charge in [0.25, 0.3) is 0 Å². The third kappa shape index (κ3) is 2.60. The third-order valence-corrected chi connectivity index (χ3v) is 3.80. The average Bonchev–Trinajstić information content (AvgIpc) is 3.17. The first-order valence-corrected chi connectivity index (χ1v) is 7.44. The zero-order valence-electron chi connectivity index (χ0n) is 12.7. The zero-order chi connectivity index (χ0) is 16.5. The Labute approximate surface area is 136 Å².